The fourth-order valence-electron chi connectivity index (χ4n) is 3.38. The van der Waals surface area contributed by atoms with Crippen LogP contribution in [0, 0.1) is 0 Å². The zero-order valence-electron chi connectivity index (χ0n) is 16.0. The van der Waals surface area contributed by atoms with Gasteiger partial charge in [0.15, 0.2) is 0 Å². The average Bonchev–Trinajstić information content (AvgIpc) is 3.01. The third-order valence-electron chi connectivity index (χ3n) is 4.89. The molecule has 0 radical (unpaired) electrons. The van der Waals surface area contributed by atoms with Crippen molar-refractivity contribution in [1.82, 2.24) is 9.88 Å². The minimum Gasteiger partial charge on any atom is -0.292 e. The second kappa shape index (κ2) is 8.59. The van der Waals surface area contributed by atoms with Crippen LogP contribution in [0.3, 0.4) is 0 Å². The Hall–Kier alpha value is -3.32. The van der Waals surface area contributed by atoms with Gasteiger partial charge in [-0.25, -0.2) is 4.98 Å². The van der Waals surface area contributed by atoms with Crippen molar-refractivity contribution in [2.45, 2.75) is 13.0 Å². The van der Waals surface area contributed by atoms with Crippen molar-refractivity contribution < 1.29 is 14.4 Å². The van der Waals surface area contributed by atoms with Gasteiger partial charge in [-0.1, -0.05) is 52.3 Å². The molecule has 0 N–H and O–H groups in total. The summed E-state index contributed by atoms with van der Waals surface area (Å²) in [5.41, 5.74) is 1.68. The summed E-state index contributed by atoms with van der Waals surface area (Å²) >= 11 is 3.32. The molecule has 0 saturated heterocycles. The number of nitrogens with zero attached hydrogens (tertiary/aromatic N) is 3. The molecule has 2 heterocycles. The van der Waals surface area contributed by atoms with Crippen molar-refractivity contribution in [3.8, 4) is 0 Å². The highest BCUT2D eigenvalue weighted by Crippen LogP contribution is 2.26. The van der Waals surface area contributed by atoms with E-state index in [-0.39, 0.29) is 30.7 Å². The molecule has 3 aromatic rings. The molecule has 1 aliphatic heterocycles. The van der Waals surface area contributed by atoms with Gasteiger partial charge in [-0.15, -0.1) is 0 Å². The van der Waals surface area contributed by atoms with Gasteiger partial charge in [0.1, 0.15) is 5.82 Å². The predicted octanol–water partition coefficient (Wildman–Crippen LogP) is 4.06. The summed E-state index contributed by atoms with van der Waals surface area (Å²) in [4.78, 5) is 45.3. The number of hydrogen-bond acceptors (Lipinski definition) is 4. The summed E-state index contributed by atoms with van der Waals surface area (Å²) in [7, 11) is 0. The number of amides is 3. The molecule has 0 spiro atoms. The molecular weight excluding hydrogens is 446 g/mol. The smallest absolute Gasteiger partial charge is 0.261 e. The van der Waals surface area contributed by atoms with E-state index in [4.69, 9.17) is 0 Å². The zero-order chi connectivity index (χ0) is 21.1. The highest BCUT2D eigenvalue weighted by Gasteiger charge is 2.35. The fraction of sp³-hybridized carbons (Fsp3) is 0.130. The molecule has 0 bridgehead atoms. The Labute approximate surface area is 182 Å². The normalized spacial score (nSPS) is 12.8. The van der Waals surface area contributed by atoms with Gasteiger partial charge in [0.2, 0.25) is 5.91 Å². The van der Waals surface area contributed by atoms with E-state index >= 15 is 0 Å². The van der Waals surface area contributed by atoms with Crippen LogP contribution in [-0.4, -0.2) is 34.2 Å². The number of carbonyl (C=O) groups is 3. The van der Waals surface area contributed by atoms with E-state index < -0.39 is 0 Å². The highest BCUT2D eigenvalue weighted by molar-refractivity contribution is 9.10. The third-order valence-corrected chi connectivity index (χ3v) is 5.39. The molecule has 0 aliphatic carbocycles. The van der Waals surface area contributed by atoms with Crippen LogP contribution < -0.4 is 4.90 Å². The third kappa shape index (κ3) is 4.02. The molecule has 30 heavy (non-hydrogen) atoms. The number of aromatic nitrogens is 1. The van der Waals surface area contributed by atoms with Crippen LogP contribution in [0.15, 0.2) is 77.4 Å². The first kappa shape index (κ1) is 20.0. The van der Waals surface area contributed by atoms with Crippen molar-refractivity contribution in [3.05, 3.63) is 94.1 Å². The Morgan fingerprint density at radius 1 is 0.933 bits per heavy atom. The van der Waals surface area contributed by atoms with Crippen molar-refractivity contribution in [2.24, 2.45) is 0 Å². The van der Waals surface area contributed by atoms with Gasteiger partial charge < -0.3 is 0 Å². The Morgan fingerprint density at radius 3 is 2.40 bits per heavy atom. The molecular formula is C23H18BrN3O3. The number of benzene rings is 2. The summed E-state index contributed by atoms with van der Waals surface area (Å²) in [6.07, 6.45) is 1.64. The molecule has 0 atom stereocenters. The summed E-state index contributed by atoms with van der Waals surface area (Å²) in [5.74, 6) is -0.438. The van der Waals surface area contributed by atoms with Gasteiger partial charge in [-0.3, -0.25) is 24.2 Å². The van der Waals surface area contributed by atoms with Gasteiger partial charge >= 0.3 is 0 Å². The standard InChI is InChI=1S/C23H18BrN3O3/c24-17-9-10-18-19(14-17)23(30)26(22(18)29)13-11-21(28)27(20-8-4-5-12-25-20)15-16-6-2-1-3-7-16/h1-10,12,14H,11,13,15H2. The molecule has 1 aliphatic rings. The maximum atomic E-state index is 13.1. The lowest BCUT2D eigenvalue weighted by Gasteiger charge is -2.23. The topological polar surface area (TPSA) is 70.6 Å². The van der Waals surface area contributed by atoms with Crippen molar-refractivity contribution >= 4 is 39.5 Å². The SMILES string of the molecule is O=C1c2ccc(Br)cc2C(=O)N1CCC(=O)N(Cc1ccccc1)c1ccccn1. The van der Waals surface area contributed by atoms with Crippen LogP contribution in [-0.2, 0) is 11.3 Å². The van der Waals surface area contributed by atoms with Gasteiger partial charge in [-0.05, 0) is 35.9 Å². The monoisotopic (exact) mass is 463 g/mol. The molecule has 3 amide bonds. The van der Waals surface area contributed by atoms with Crippen LogP contribution in [0.5, 0.6) is 0 Å². The molecule has 0 saturated carbocycles. The van der Waals surface area contributed by atoms with Gasteiger partial charge in [0.05, 0.1) is 17.7 Å². The number of carbonyl (C=O) groups excluding carboxylic acids is 3. The van der Waals surface area contributed by atoms with Gasteiger partial charge in [0, 0.05) is 23.6 Å². The quantitative estimate of drug-likeness (QED) is 0.516. The Kier molecular flexibility index (Phi) is 5.72. The number of hydrogen-bond donors (Lipinski definition) is 0. The van der Waals surface area contributed by atoms with E-state index in [0.717, 1.165) is 14.9 Å². The van der Waals surface area contributed by atoms with E-state index in [9.17, 15) is 14.4 Å². The van der Waals surface area contributed by atoms with Crippen LogP contribution in [0.1, 0.15) is 32.7 Å². The van der Waals surface area contributed by atoms with Gasteiger partial charge in [0.25, 0.3) is 11.8 Å². The van der Waals surface area contributed by atoms with E-state index in [1.165, 1.54) is 0 Å². The van der Waals surface area contributed by atoms with E-state index in [1.54, 1.807) is 41.4 Å². The summed E-state index contributed by atoms with van der Waals surface area (Å²) in [6, 6.07) is 19.9. The minimum absolute atomic E-state index is 0.00997. The first-order chi connectivity index (χ1) is 14.5. The number of imide groups is 1. The predicted molar refractivity (Wildman–Crippen MR) is 116 cm³/mol. The number of fused-ring (bicyclic) bond motifs is 1. The Bertz CT molecular complexity index is 1100. The average molecular weight is 464 g/mol. The lowest BCUT2D eigenvalue weighted by atomic mass is 10.1. The van der Waals surface area contributed by atoms with Crippen LogP contribution in [0.4, 0.5) is 5.82 Å². The minimum atomic E-state index is -0.378. The second-order valence-electron chi connectivity index (χ2n) is 6.86. The molecule has 4 rings (SSSR count). The summed E-state index contributed by atoms with van der Waals surface area (Å²) in [6.45, 7) is 0.368. The van der Waals surface area contributed by atoms with Crippen LogP contribution in [0.25, 0.3) is 0 Å². The molecule has 6 nitrogen and oxygen atoms in total. The Morgan fingerprint density at radius 2 is 1.67 bits per heavy atom. The number of halogens is 1. The molecule has 1 aromatic heterocycles. The lowest BCUT2D eigenvalue weighted by Crippen LogP contribution is -2.37. The molecule has 150 valence electrons. The first-order valence-electron chi connectivity index (χ1n) is 9.45. The number of pyridine rings is 1. The maximum Gasteiger partial charge on any atom is 0.261 e. The van der Waals surface area contributed by atoms with Gasteiger partial charge in [-0.2, -0.15) is 0 Å². The fourth-order valence-corrected chi connectivity index (χ4v) is 3.75. The highest BCUT2D eigenvalue weighted by atomic mass is 79.9. The van der Waals surface area contributed by atoms with E-state index in [0.29, 0.717) is 23.5 Å². The van der Waals surface area contributed by atoms with E-state index in [2.05, 4.69) is 20.9 Å². The zero-order valence-corrected chi connectivity index (χ0v) is 17.6. The molecule has 2 aromatic carbocycles. The number of anilines is 1. The number of rotatable bonds is 6. The summed E-state index contributed by atoms with van der Waals surface area (Å²) < 4.78 is 0.726. The Balaban J connectivity index is 1.51. The maximum absolute atomic E-state index is 13.1. The summed E-state index contributed by atoms with van der Waals surface area (Å²) in [5, 5.41) is 0. The van der Waals surface area contributed by atoms with Crippen molar-refractivity contribution in [1.29, 1.82) is 0 Å². The molecule has 7 heteroatoms. The lowest BCUT2D eigenvalue weighted by molar-refractivity contribution is -0.118. The second-order valence-corrected chi connectivity index (χ2v) is 7.77. The molecule has 0 unspecified atom stereocenters. The van der Waals surface area contributed by atoms with Crippen molar-refractivity contribution in [2.75, 3.05) is 11.4 Å². The van der Waals surface area contributed by atoms with Crippen molar-refractivity contribution in [3.63, 3.8) is 0 Å². The van der Waals surface area contributed by atoms with E-state index in [1.807, 2.05) is 36.4 Å². The van der Waals surface area contributed by atoms with Crippen LogP contribution >= 0.6 is 15.9 Å². The first-order valence-corrected chi connectivity index (χ1v) is 10.2. The largest absolute Gasteiger partial charge is 0.292 e. The van der Waals surface area contributed by atoms with Crippen LogP contribution in [0.2, 0.25) is 0 Å². The molecule has 0 fully saturated rings.